The standard InChI is InChI=1S/C27H20ClFN4O3S/c1-36-23-8-18(19(28)9-20(23)29)24-10-21-25(37-24)26(34)33(27(35)32(21)16-6-14(7-16)11-30)22-13-31-12-15-4-2-3-5-17(15)22/h2-5,8-10,12-14,16,21,25H,6-7H2,1H3. The van der Waals surface area contributed by atoms with E-state index in [-0.39, 0.29) is 28.6 Å². The molecule has 10 heteroatoms. The predicted molar refractivity (Wildman–Crippen MR) is 140 cm³/mol. The topological polar surface area (TPSA) is 86.5 Å². The summed E-state index contributed by atoms with van der Waals surface area (Å²) in [6.45, 7) is 0. The van der Waals surface area contributed by atoms with Gasteiger partial charge in [0, 0.05) is 33.5 Å². The lowest BCUT2D eigenvalue weighted by Gasteiger charge is -2.49. The minimum Gasteiger partial charge on any atom is -0.494 e. The van der Waals surface area contributed by atoms with Crippen molar-refractivity contribution >= 4 is 56.7 Å². The molecule has 1 saturated carbocycles. The van der Waals surface area contributed by atoms with Gasteiger partial charge in [-0.05, 0) is 31.1 Å². The maximum absolute atomic E-state index is 14.2. The Morgan fingerprint density at radius 2 is 2.00 bits per heavy atom. The second kappa shape index (κ2) is 9.05. The number of pyridine rings is 1. The van der Waals surface area contributed by atoms with E-state index in [0.29, 0.717) is 29.0 Å². The van der Waals surface area contributed by atoms with Crippen molar-refractivity contribution in [2.75, 3.05) is 12.0 Å². The van der Waals surface area contributed by atoms with Crippen LogP contribution in [-0.4, -0.2) is 46.3 Å². The number of hydrogen-bond donors (Lipinski definition) is 0. The highest BCUT2D eigenvalue weighted by Gasteiger charge is 2.54. The zero-order valence-corrected chi connectivity index (χ0v) is 21.2. The molecule has 0 spiro atoms. The minimum atomic E-state index is -0.639. The van der Waals surface area contributed by atoms with Crippen molar-refractivity contribution in [1.82, 2.24) is 9.88 Å². The number of carbonyl (C=O) groups is 2. The molecular formula is C27H20ClFN4O3S. The first kappa shape index (κ1) is 23.8. The second-order valence-corrected chi connectivity index (χ2v) is 10.8. The Kier molecular flexibility index (Phi) is 5.81. The van der Waals surface area contributed by atoms with E-state index in [1.807, 2.05) is 30.3 Å². The van der Waals surface area contributed by atoms with Crippen LogP contribution in [0.15, 0.2) is 54.9 Å². The lowest BCUT2D eigenvalue weighted by molar-refractivity contribution is -0.119. The van der Waals surface area contributed by atoms with Crippen molar-refractivity contribution in [2.24, 2.45) is 5.92 Å². The molecule has 1 aliphatic carbocycles. The molecule has 3 heterocycles. The largest absolute Gasteiger partial charge is 0.494 e. The van der Waals surface area contributed by atoms with Gasteiger partial charge in [0.1, 0.15) is 5.25 Å². The molecule has 3 aromatic rings. The molecule has 1 aromatic heterocycles. The summed E-state index contributed by atoms with van der Waals surface area (Å²) in [5.41, 5.74) is 0.949. The monoisotopic (exact) mass is 534 g/mol. The van der Waals surface area contributed by atoms with Crippen LogP contribution in [0.2, 0.25) is 5.02 Å². The van der Waals surface area contributed by atoms with Crippen LogP contribution in [0.4, 0.5) is 14.9 Å². The van der Waals surface area contributed by atoms with E-state index in [2.05, 4.69) is 11.1 Å². The maximum atomic E-state index is 14.2. The molecule has 0 N–H and O–H groups in total. The molecule has 186 valence electrons. The van der Waals surface area contributed by atoms with Gasteiger partial charge in [-0.2, -0.15) is 5.26 Å². The number of ether oxygens (including phenoxy) is 1. The summed E-state index contributed by atoms with van der Waals surface area (Å²) in [5, 5.41) is 10.4. The number of thioether (sulfide) groups is 1. The van der Waals surface area contributed by atoms with Crippen molar-refractivity contribution in [3.05, 3.63) is 71.3 Å². The highest BCUT2D eigenvalue weighted by atomic mass is 35.5. The number of rotatable bonds is 4. The van der Waals surface area contributed by atoms with Gasteiger partial charge in [-0.25, -0.2) is 14.1 Å². The fourth-order valence-corrected chi connectivity index (χ4v) is 6.87. The quantitative estimate of drug-likeness (QED) is 0.431. The van der Waals surface area contributed by atoms with Gasteiger partial charge in [0.15, 0.2) is 11.6 Å². The lowest BCUT2D eigenvalue weighted by Crippen LogP contribution is -2.66. The first-order valence-electron chi connectivity index (χ1n) is 11.7. The molecule has 3 amide bonds. The third-order valence-electron chi connectivity index (χ3n) is 7.17. The Hall–Kier alpha value is -3.61. The van der Waals surface area contributed by atoms with E-state index < -0.39 is 23.1 Å². The number of amides is 3. The summed E-state index contributed by atoms with van der Waals surface area (Å²) >= 11 is 7.69. The van der Waals surface area contributed by atoms with Crippen LogP contribution in [0.3, 0.4) is 0 Å². The van der Waals surface area contributed by atoms with Gasteiger partial charge in [-0.3, -0.25) is 9.78 Å². The van der Waals surface area contributed by atoms with Gasteiger partial charge in [0.2, 0.25) is 0 Å². The zero-order chi connectivity index (χ0) is 25.8. The molecule has 0 radical (unpaired) electrons. The predicted octanol–water partition coefficient (Wildman–Crippen LogP) is 5.63. The summed E-state index contributed by atoms with van der Waals surface area (Å²) in [7, 11) is 1.37. The molecule has 2 unspecified atom stereocenters. The van der Waals surface area contributed by atoms with Gasteiger partial charge < -0.3 is 9.64 Å². The van der Waals surface area contributed by atoms with E-state index in [9.17, 15) is 19.2 Å². The van der Waals surface area contributed by atoms with Crippen molar-refractivity contribution < 1.29 is 18.7 Å². The van der Waals surface area contributed by atoms with Crippen molar-refractivity contribution in [3.8, 4) is 11.8 Å². The molecule has 6 rings (SSSR count). The van der Waals surface area contributed by atoms with E-state index in [1.165, 1.54) is 42.1 Å². The molecule has 2 fully saturated rings. The summed E-state index contributed by atoms with van der Waals surface area (Å²) in [6, 6.07) is 11.3. The number of fused-ring (bicyclic) bond motifs is 2. The van der Waals surface area contributed by atoms with Crippen LogP contribution in [0.5, 0.6) is 5.75 Å². The third-order valence-corrected chi connectivity index (χ3v) is 8.82. The van der Waals surface area contributed by atoms with Crippen LogP contribution in [0, 0.1) is 23.1 Å². The smallest absolute Gasteiger partial charge is 0.332 e. The van der Waals surface area contributed by atoms with Gasteiger partial charge in [-0.15, -0.1) is 11.8 Å². The fraction of sp³-hybridized carbons (Fsp3) is 0.259. The molecule has 2 aliphatic heterocycles. The zero-order valence-electron chi connectivity index (χ0n) is 19.6. The van der Waals surface area contributed by atoms with Crippen LogP contribution in [-0.2, 0) is 4.79 Å². The van der Waals surface area contributed by atoms with Gasteiger partial charge in [0.05, 0.1) is 42.0 Å². The summed E-state index contributed by atoms with van der Waals surface area (Å²) in [5.74, 6) is -1.04. The lowest BCUT2D eigenvalue weighted by atomic mass is 9.79. The van der Waals surface area contributed by atoms with Gasteiger partial charge in [-0.1, -0.05) is 35.9 Å². The Labute approximate surface area is 221 Å². The van der Waals surface area contributed by atoms with Crippen molar-refractivity contribution in [1.29, 1.82) is 5.26 Å². The first-order valence-corrected chi connectivity index (χ1v) is 13.0. The van der Waals surface area contributed by atoms with Gasteiger partial charge >= 0.3 is 6.03 Å². The van der Waals surface area contributed by atoms with E-state index in [1.54, 1.807) is 11.1 Å². The third kappa shape index (κ3) is 3.74. The number of hydrogen-bond acceptors (Lipinski definition) is 6. The Morgan fingerprint density at radius 1 is 1.22 bits per heavy atom. The number of urea groups is 1. The number of benzene rings is 2. The number of nitriles is 1. The number of methoxy groups -OCH3 is 1. The average molecular weight is 535 g/mol. The summed E-state index contributed by atoms with van der Waals surface area (Å²) < 4.78 is 19.3. The Bertz CT molecular complexity index is 1530. The molecule has 0 bridgehead atoms. The fourth-order valence-electron chi connectivity index (χ4n) is 5.22. The highest BCUT2D eigenvalue weighted by Crippen LogP contribution is 2.50. The number of halogens is 2. The number of imide groups is 1. The number of nitrogens with zero attached hydrogens (tertiary/aromatic N) is 4. The van der Waals surface area contributed by atoms with E-state index in [4.69, 9.17) is 16.3 Å². The number of carbonyl (C=O) groups excluding carboxylic acids is 2. The molecule has 3 aliphatic rings. The van der Waals surface area contributed by atoms with Crippen molar-refractivity contribution in [3.63, 3.8) is 0 Å². The Balaban J connectivity index is 1.44. The molecule has 2 aromatic carbocycles. The van der Waals surface area contributed by atoms with Crippen LogP contribution in [0.1, 0.15) is 18.4 Å². The second-order valence-electron chi connectivity index (χ2n) is 9.22. The van der Waals surface area contributed by atoms with Crippen molar-refractivity contribution in [2.45, 2.75) is 30.2 Å². The Morgan fingerprint density at radius 3 is 2.76 bits per heavy atom. The SMILES string of the molecule is COc1cc(C2=CC3C(S2)C(=O)N(c2cncc4ccccc24)C(=O)N3C2CC(C#N)C2)c(Cl)cc1F. The number of anilines is 1. The summed E-state index contributed by atoms with van der Waals surface area (Å²) in [4.78, 5) is 35.8. The van der Waals surface area contributed by atoms with Gasteiger partial charge in [0.25, 0.3) is 5.91 Å². The molecular weight excluding hydrogens is 515 g/mol. The van der Waals surface area contributed by atoms with Crippen LogP contribution in [0.25, 0.3) is 15.7 Å². The van der Waals surface area contributed by atoms with E-state index >= 15 is 0 Å². The molecule has 37 heavy (non-hydrogen) atoms. The maximum Gasteiger partial charge on any atom is 0.332 e. The average Bonchev–Trinajstić information content (AvgIpc) is 3.31. The van der Waals surface area contributed by atoms with Crippen LogP contribution >= 0.6 is 23.4 Å². The normalized spacial score (nSPS) is 25.0. The minimum absolute atomic E-state index is 0.0364. The molecule has 2 atom stereocenters. The number of aromatic nitrogens is 1. The molecule has 7 nitrogen and oxygen atoms in total. The highest BCUT2D eigenvalue weighted by molar-refractivity contribution is 8.09. The van der Waals surface area contributed by atoms with Crippen LogP contribution < -0.4 is 9.64 Å². The van der Waals surface area contributed by atoms with E-state index in [0.717, 1.165) is 10.8 Å². The molecule has 1 saturated heterocycles. The first-order chi connectivity index (χ1) is 17.9. The summed E-state index contributed by atoms with van der Waals surface area (Å²) in [6.07, 6.45) is 6.16.